The van der Waals surface area contributed by atoms with Gasteiger partial charge in [-0.15, -0.1) is 0 Å². The van der Waals surface area contributed by atoms with Crippen molar-refractivity contribution in [2.75, 3.05) is 44.7 Å². The molecule has 1 unspecified atom stereocenters. The molecule has 1 heterocycles. The normalized spacial score (nSPS) is 20.1. The number of alkyl halides is 2. The minimum atomic E-state index is -2.82. The number of rotatable bonds is 9. The Morgan fingerprint density at radius 1 is 1.32 bits per heavy atom. The highest BCUT2D eigenvalue weighted by atomic mass is 19.3. The van der Waals surface area contributed by atoms with Gasteiger partial charge in [-0.25, -0.2) is 0 Å². The number of aliphatic imine (C=N–C) groups is 1. The van der Waals surface area contributed by atoms with Crippen molar-refractivity contribution in [1.29, 1.82) is 0 Å². The van der Waals surface area contributed by atoms with Crippen molar-refractivity contribution in [2.24, 2.45) is 4.99 Å². The Bertz CT molecular complexity index is 653. The Labute approximate surface area is 165 Å². The van der Waals surface area contributed by atoms with Gasteiger partial charge in [-0.05, 0) is 37.9 Å². The van der Waals surface area contributed by atoms with Crippen LogP contribution in [0.3, 0.4) is 0 Å². The molecule has 2 fully saturated rings. The van der Waals surface area contributed by atoms with Gasteiger partial charge in [-0.3, -0.25) is 9.89 Å². The molecule has 28 heavy (non-hydrogen) atoms. The average Bonchev–Trinajstić information content (AvgIpc) is 3.42. The van der Waals surface area contributed by atoms with Gasteiger partial charge in [-0.1, -0.05) is 19.1 Å². The van der Waals surface area contributed by atoms with E-state index in [1.54, 1.807) is 19.2 Å². The van der Waals surface area contributed by atoms with E-state index < -0.39 is 6.61 Å². The molecule has 156 valence electrons. The number of halogens is 2. The second-order valence-electron chi connectivity index (χ2n) is 7.28. The lowest BCUT2D eigenvalue weighted by molar-refractivity contribution is -0.0495. The van der Waals surface area contributed by atoms with Gasteiger partial charge in [0.15, 0.2) is 5.96 Å². The van der Waals surface area contributed by atoms with Crippen molar-refractivity contribution < 1.29 is 13.5 Å². The minimum absolute atomic E-state index is 0.205. The summed E-state index contributed by atoms with van der Waals surface area (Å²) in [6.07, 6.45) is 3.54. The zero-order chi connectivity index (χ0) is 19.9. The van der Waals surface area contributed by atoms with Gasteiger partial charge in [-0.2, -0.15) is 8.78 Å². The molecular formula is C20H31F2N5O. The molecule has 1 saturated carbocycles. The number of benzene rings is 1. The highest BCUT2D eigenvalue weighted by Crippen LogP contribution is 2.31. The number of hydrogen-bond donors (Lipinski definition) is 2. The Morgan fingerprint density at radius 3 is 2.79 bits per heavy atom. The lowest BCUT2D eigenvalue weighted by atomic mass is 10.2. The summed E-state index contributed by atoms with van der Waals surface area (Å²) in [6.45, 7) is 3.82. The fourth-order valence-electron chi connectivity index (χ4n) is 3.76. The van der Waals surface area contributed by atoms with Gasteiger partial charge in [0.05, 0.1) is 5.69 Å². The number of hydrogen-bond acceptors (Lipinski definition) is 4. The third-order valence-electron chi connectivity index (χ3n) is 5.34. The van der Waals surface area contributed by atoms with Crippen LogP contribution >= 0.6 is 0 Å². The molecule has 0 spiro atoms. The Kier molecular flexibility index (Phi) is 7.30. The van der Waals surface area contributed by atoms with Crippen LogP contribution in [-0.2, 0) is 0 Å². The summed E-state index contributed by atoms with van der Waals surface area (Å²) in [5, 5.41) is 6.84. The van der Waals surface area contributed by atoms with Gasteiger partial charge in [0.2, 0.25) is 0 Å². The van der Waals surface area contributed by atoms with E-state index >= 15 is 0 Å². The number of likely N-dealkylation sites (N-methyl/N-ethyl adjacent to an activating group) is 1. The van der Waals surface area contributed by atoms with E-state index in [0.29, 0.717) is 12.2 Å². The fraction of sp³-hybridized carbons (Fsp3) is 0.650. The van der Waals surface area contributed by atoms with E-state index in [1.165, 1.54) is 12.8 Å². The Balaban J connectivity index is 1.48. The van der Waals surface area contributed by atoms with Crippen LogP contribution in [0.2, 0.25) is 0 Å². The molecule has 2 aliphatic rings. The van der Waals surface area contributed by atoms with Gasteiger partial charge < -0.3 is 20.3 Å². The van der Waals surface area contributed by atoms with Crippen LogP contribution in [0.25, 0.3) is 0 Å². The number of nitrogens with zero attached hydrogens (tertiary/aromatic N) is 3. The monoisotopic (exact) mass is 395 g/mol. The van der Waals surface area contributed by atoms with Crippen molar-refractivity contribution in [1.82, 2.24) is 15.5 Å². The highest BCUT2D eigenvalue weighted by Gasteiger charge is 2.28. The van der Waals surface area contributed by atoms with Gasteiger partial charge in [0, 0.05) is 45.3 Å². The molecular weight excluding hydrogens is 364 g/mol. The molecule has 8 heteroatoms. The third kappa shape index (κ3) is 5.70. The van der Waals surface area contributed by atoms with Crippen molar-refractivity contribution in [2.45, 2.75) is 44.9 Å². The Hall–Kier alpha value is -2.09. The first-order valence-corrected chi connectivity index (χ1v) is 10.1. The molecule has 0 bridgehead atoms. The fourth-order valence-corrected chi connectivity index (χ4v) is 3.76. The lowest BCUT2D eigenvalue weighted by Gasteiger charge is -2.23. The van der Waals surface area contributed by atoms with Crippen LogP contribution in [0, 0.1) is 0 Å². The van der Waals surface area contributed by atoms with Crippen LogP contribution in [0.4, 0.5) is 14.5 Å². The van der Waals surface area contributed by atoms with Crippen molar-refractivity contribution in [3.8, 4) is 5.75 Å². The number of ether oxygens (including phenoxy) is 1. The predicted molar refractivity (Wildman–Crippen MR) is 108 cm³/mol. The van der Waals surface area contributed by atoms with E-state index in [4.69, 9.17) is 0 Å². The number of guanidine groups is 1. The summed E-state index contributed by atoms with van der Waals surface area (Å²) in [7, 11) is 1.77. The van der Waals surface area contributed by atoms with Gasteiger partial charge in [0.25, 0.3) is 0 Å². The summed E-state index contributed by atoms with van der Waals surface area (Å²) in [5.41, 5.74) is 0.707. The molecule has 1 saturated heterocycles. The topological polar surface area (TPSA) is 52.1 Å². The van der Waals surface area contributed by atoms with Crippen molar-refractivity contribution in [3.05, 3.63) is 24.3 Å². The lowest BCUT2D eigenvalue weighted by Crippen LogP contribution is -2.46. The molecule has 0 amide bonds. The van der Waals surface area contributed by atoms with E-state index in [2.05, 4.69) is 37.1 Å². The molecule has 1 aliphatic heterocycles. The Morgan fingerprint density at radius 2 is 2.11 bits per heavy atom. The SMILES string of the molecule is CCN(CCNC(=NC)NC1CCN(c2ccccc2OC(F)F)C1)C1CC1. The van der Waals surface area contributed by atoms with Crippen LogP contribution in [0.5, 0.6) is 5.75 Å². The molecule has 2 N–H and O–H groups in total. The molecule has 3 rings (SSSR count). The summed E-state index contributed by atoms with van der Waals surface area (Å²) in [5.74, 6) is 1.01. The van der Waals surface area contributed by atoms with Crippen molar-refractivity contribution in [3.63, 3.8) is 0 Å². The largest absolute Gasteiger partial charge is 0.433 e. The van der Waals surface area contributed by atoms with Crippen LogP contribution < -0.4 is 20.3 Å². The van der Waals surface area contributed by atoms with Crippen LogP contribution in [0.15, 0.2) is 29.3 Å². The highest BCUT2D eigenvalue weighted by molar-refractivity contribution is 5.80. The molecule has 1 aromatic carbocycles. The summed E-state index contributed by atoms with van der Waals surface area (Å²) in [4.78, 5) is 8.90. The summed E-state index contributed by atoms with van der Waals surface area (Å²) in [6, 6.07) is 7.93. The molecule has 0 aromatic heterocycles. The standard InChI is InChI=1S/C20H31F2N5O/c1-3-26(16-8-9-16)13-11-24-20(23-2)25-15-10-12-27(14-15)17-6-4-5-7-18(17)28-19(21)22/h4-7,15-16,19H,3,8-14H2,1-2H3,(H2,23,24,25). The van der Waals surface area contributed by atoms with E-state index in [9.17, 15) is 8.78 Å². The molecule has 0 radical (unpaired) electrons. The molecule has 1 aliphatic carbocycles. The zero-order valence-corrected chi connectivity index (χ0v) is 16.7. The number of nitrogens with one attached hydrogen (secondary N) is 2. The van der Waals surface area contributed by atoms with Crippen molar-refractivity contribution >= 4 is 11.6 Å². The number of para-hydroxylation sites is 2. The maximum Gasteiger partial charge on any atom is 0.387 e. The maximum absolute atomic E-state index is 12.7. The first-order chi connectivity index (χ1) is 13.6. The van der Waals surface area contributed by atoms with E-state index in [0.717, 1.165) is 44.6 Å². The first kappa shape index (κ1) is 20.6. The smallest absolute Gasteiger partial charge is 0.387 e. The second kappa shape index (κ2) is 9.91. The van der Waals surface area contributed by atoms with Crippen LogP contribution in [-0.4, -0.2) is 69.3 Å². The zero-order valence-electron chi connectivity index (χ0n) is 16.7. The van der Waals surface area contributed by atoms with E-state index in [1.807, 2.05) is 12.1 Å². The average molecular weight is 395 g/mol. The van der Waals surface area contributed by atoms with Gasteiger partial charge >= 0.3 is 6.61 Å². The first-order valence-electron chi connectivity index (χ1n) is 10.1. The minimum Gasteiger partial charge on any atom is -0.433 e. The molecule has 1 atom stereocenters. The quantitative estimate of drug-likeness (QED) is 0.497. The third-order valence-corrected chi connectivity index (χ3v) is 5.34. The predicted octanol–water partition coefficient (Wildman–Crippen LogP) is 2.52. The second-order valence-corrected chi connectivity index (χ2v) is 7.28. The van der Waals surface area contributed by atoms with Crippen LogP contribution in [0.1, 0.15) is 26.2 Å². The number of anilines is 1. The maximum atomic E-state index is 12.7. The molecule has 1 aromatic rings. The van der Waals surface area contributed by atoms with Gasteiger partial charge in [0.1, 0.15) is 5.75 Å². The molecule has 6 nitrogen and oxygen atoms in total. The summed E-state index contributed by atoms with van der Waals surface area (Å²) < 4.78 is 30.0. The van der Waals surface area contributed by atoms with E-state index in [-0.39, 0.29) is 11.8 Å². The summed E-state index contributed by atoms with van der Waals surface area (Å²) >= 11 is 0.